The van der Waals surface area contributed by atoms with Gasteiger partial charge in [-0.3, -0.25) is 9.20 Å². The quantitative estimate of drug-likeness (QED) is 0.436. The molecule has 0 unspecified atom stereocenters. The van der Waals surface area contributed by atoms with Crippen molar-refractivity contribution in [3.05, 3.63) is 68.4 Å². The molecular weight excluding hydrogens is 408 g/mol. The molecule has 0 aliphatic rings. The van der Waals surface area contributed by atoms with E-state index in [1.165, 1.54) is 29.2 Å². The second kappa shape index (κ2) is 7.71. The van der Waals surface area contributed by atoms with E-state index in [2.05, 4.69) is 15.2 Å². The maximum Gasteiger partial charge on any atom is 0.277 e. The Bertz CT molecular complexity index is 1140. The standard InChI is InChI=1S/C17H13ClN4O3S2/c1-10-8-26-16-19-12(6-15(23)22(10)16)9-27-17-21-20-14(25-17)7-24-13-4-2-11(18)3-5-13/h2-6,8H,7,9H2,1H3. The van der Waals surface area contributed by atoms with E-state index in [4.69, 9.17) is 20.8 Å². The lowest BCUT2D eigenvalue weighted by atomic mass is 10.3. The molecule has 0 amide bonds. The highest BCUT2D eigenvalue weighted by molar-refractivity contribution is 7.98. The van der Waals surface area contributed by atoms with E-state index in [-0.39, 0.29) is 12.2 Å². The van der Waals surface area contributed by atoms with E-state index >= 15 is 0 Å². The van der Waals surface area contributed by atoms with Gasteiger partial charge in [0.1, 0.15) is 5.75 Å². The Labute approximate surface area is 167 Å². The van der Waals surface area contributed by atoms with Crippen LogP contribution < -0.4 is 10.3 Å². The van der Waals surface area contributed by atoms with Gasteiger partial charge in [-0.1, -0.05) is 23.4 Å². The molecule has 4 rings (SSSR count). The minimum Gasteiger partial charge on any atom is -0.484 e. The normalized spacial score (nSPS) is 11.2. The Morgan fingerprint density at radius 2 is 2.11 bits per heavy atom. The molecule has 3 heterocycles. The number of fused-ring (bicyclic) bond motifs is 1. The average molecular weight is 421 g/mol. The number of nitrogens with zero attached hydrogens (tertiary/aromatic N) is 4. The molecule has 0 N–H and O–H groups in total. The van der Waals surface area contributed by atoms with Gasteiger partial charge in [0.15, 0.2) is 11.6 Å². The molecule has 138 valence electrons. The molecule has 0 spiro atoms. The van der Waals surface area contributed by atoms with Crippen molar-refractivity contribution in [2.75, 3.05) is 0 Å². The third-order valence-electron chi connectivity index (χ3n) is 3.60. The van der Waals surface area contributed by atoms with Gasteiger partial charge in [-0.2, -0.15) is 0 Å². The van der Waals surface area contributed by atoms with Gasteiger partial charge >= 0.3 is 0 Å². The zero-order valence-corrected chi connectivity index (χ0v) is 16.5. The number of thioether (sulfide) groups is 1. The summed E-state index contributed by atoms with van der Waals surface area (Å²) in [7, 11) is 0. The minimum atomic E-state index is -0.0862. The van der Waals surface area contributed by atoms with E-state index in [0.29, 0.717) is 38.3 Å². The predicted molar refractivity (Wildman–Crippen MR) is 104 cm³/mol. The van der Waals surface area contributed by atoms with Crippen LogP contribution in [0.25, 0.3) is 4.96 Å². The molecule has 3 aromatic heterocycles. The van der Waals surface area contributed by atoms with Gasteiger partial charge in [-0.15, -0.1) is 21.5 Å². The van der Waals surface area contributed by atoms with Crippen molar-refractivity contribution in [2.45, 2.75) is 24.5 Å². The largest absolute Gasteiger partial charge is 0.484 e. The number of aryl methyl sites for hydroxylation is 1. The Morgan fingerprint density at radius 1 is 1.30 bits per heavy atom. The first-order chi connectivity index (χ1) is 13.1. The maximum absolute atomic E-state index is 12.2. The van der Waals surface area contributed by atoms with E-state index in [9.17, 15) is 4.79 Å². The van der Waals surface area contributed by atoms with Gasteiger partial charge < -0.3 is 9.15 Å². The van der Waals surface area contributed by atoms with Gasteiger partial charge in [0, 0.05) is 27.9 Å². The van der Waals surface area contributed by atoms with Crippen molar-refractivity contribution >= 4 is 39.7 Å². The van der Waals surface area contributed by atoms with E-state index in [1.54, 1.807) is 28.7 Å². The summed E-state index contributed by atoms with van der Waals surface area (Å²) in [4.78, 5) is 17.4. The van der Waals surface area contributed by atoms with Gasteiger partial charge in [0.2, 0.25) is 0 Å². The Kier molecular flexibility index (Phi) is 5.15. The Balaban J connectivity index is 1.38. The van der Waals surface area contributed by atoms with Gasteiger partial charge in [-0.25, -0.2) is 4.98 Å². The minimum absolute atomic E-state index is 0.0862. The van der Waals surface area contributed by atoms with Gasteiger partial charge in [0.25, 0.3) is 16.7 Å². The number of hydrogen-bond donors (Lipinski definition) is 0. The average Bonchev–Trinajstić information content (AvgIpc) is 3.26. The molecule has 10 heteroatoms. The van der Waals surface area contributed by atoms with Crippen LogP contribution in [0, 0.1) is 6.92 Å². The third kappa shape index (κ3) is 4.15. The highest BCUT2D eigenvalue weighted by atomic mass is 35.5. The molecule has 1 aromatic carbocycles. The summed E-state index contributed by atoms with van der Waals surface area (Å²) in [5.74, 6) is 1.49. The van der Waals surface area contributed by atoms with Crippen LogP contribution in [0.3, 0.4) is 0 Å². The SMILES string of the molecule is Cc1csc2nc(CSc3nnc(COc4ccc(Cl)cc4)o3)cc(=O)n12. The van der Waals surface area contributed by atoms with Crippen molar-refractivity contribution < 1.29 is 9.15 Å². The van der Waals surface area contributed by atoms with Crippen LogP contribution in [0.4, 0.5) is 0 Å². The number of benzene rings is 1. The molecule has 0 fully saturated rings. The fraction of sp³-hybridized carbons (Fsp3) is 0.176. The fourth-order valence-corrected chi connectivity index (χ4v) is 4.03. The zero-order valence-electron chi connectivity index (χ0n) is 14.1. The third-order valence-corrected chi connectivity index (χ3v) is 5.64. The maximum atomic E-state index is 12.2. The molecule has 0 bridgehead atoms. The molecule has 0 saturated carbocycles. The van der Waals surface area contributed by atoms with Crippen molar-refractivity contribution in [1.82, 2.24) is 19.6 Å². The van der Waals surface area contributed by atoms with E-state index < -0.39 is 0 Å². The molecular formula is C17H13ClN4O3S2. The highest BCUT2D eigenvalue weighted by Gasteiger charge is 2.11. The summed E-state index contributed by atoms with van der Waals surface area (Å²) in [6.45, 7) is 2.04. The van der Waals surface area contributed by atoms with Crippen molar-refractivity contribution in [3.8, 4) is 5.75 Å². The summed E-state index contributed by atoms with van der Waals surface area (Å²) in [6, 6.07) is 8.55. The number of rotatable bonds is 6. The second-order valence-electron chi connectivity index (χ2n) is 5.57. The fourth-order valence-electron chi connectivity index (χ4n) is 2.34. The molecule has 0 aliphatic heterocycles. The summed E-state index contributed by atoms with van der Waals surface area (Å²) >= 11 is 8.60. The lowest BCUT2D eigenvalue weighted by Gasteiger charge is -2.02. The monoisotopic (exact) mass is 420 g/mol. The summed E-state index contributed by atoms with van der Waals surface area (Å²) in [5, 5.41) is 10.9. The van der Waals surface area contributed by atoms with Crippen LogP contribution in [-0.4, -0.2) is 19.6 Å². The summed E-state index contributed by atoms with van der Waals surface area (Å²) in [6.07, 6.45) is 0. The number of ether oxygens (including phenoxy) is 1. The second-order valence-corrected chi connectivity index (χ2v) is 7.77. The molecule has 7 nitrogen and oxygen atoms in total. The predicted octanol–water partition coefficient (Wildman–Crippen LogP) is 3.97. The smallest absolute Gasteiger partial charge is 0.277 e. The molecule has 4 aromatic rings. The lowest BCUT2D eigenvalue weighted by molar-refractivity contribution is 0.252. The van der Waals surface area contributed by atoms with Crippen molar-refractivity contribution in [2.24, 2.45) is 0 Å². The highest BCUT2D eigenvalue weighted by Crippen LogP contribution is 2.22. The molecule has 0 atom stereocenters. The topological polar surface area (TPSA) is 82.5 Å². The van der Waals surface area contributed by atoms with Crippen LogP contribution in [-0.2, 0) is 12.4 Å². The summed E-state index contributed by atoms with van der Waals surface area (Å²) in [5.41, 5.74) is 1.47. The Morgan fingerprint density at radius 3 is 2.93 bits per heavy atom. The Hall–Kier alpha value is -2.36. The first-order valence-electron chi connectivity index (χ1n) is 7.89. The van der Waals surface area contributed by atoms with Crippen molar-refractivity contribution in [1.29, 1.82) is 0 Å². The van der Waals surface area contributed by atoms with E-state index in [0.717, 1.165) is 5.69 Å². The first kappa shape index (κ1) is 18.0. The summed E-state index contributed by atoms with van der Waals surface area (Å²) < 4.78 is 12.7. The van der Waals surface area contributed by atoms with Crippen molar-refractivity contribution in [3.63, 3.8) is 0 Å². The molecule has 27 heavy (non-hydrogen) atoms. The zero-order chi connectivity index (χ0) is 18.8. The number of thiazole rings is 1. The molecule has 0 radical (unpaired) electrons. The van der Waals surface area contributed by atoms with E-state index in [1.807, 2.05) is 12.3 Å². The number of halogens is 1. The molecule has 0 aliphatic carbocycles. The number of aromatic nitrogens is 4. The first-order valence-corrected chi connectivity index (χ1v) is 10.1. The van der Waals surface area contributed by atoms with Crippen LogP contribution in [0.15, 0.2) is 50.1 Å². The number of hydrogen-bond acceptors (Lipinski definition) is 8. The van der Waals surface area contributed by atoms with Gasteiger partial charge in [-0.05, 0) is 31.2 Å². The van der Waals surface area contributed by atoms with Crippen LogP contribution in [0.1, 0.15) is 17.3 Å². The molecule has 0 saturated heterocycles. The van der Waals surface area contributed by atoms with Crippen LogP contribution >= 0.6 is 34.7 Å². The van der Waals surface area contributed by atoms with Gasteiger partial charge in [0.05, 0.1) is 5.69 Å². The van der Waals surface area contributed by atoms with Crippen LogP contribution in [0.2, 0.25) is 5.02 Å². The van der Waals surface area contributed by atoms with Crippen LogP contribution in [0.5, 0.6) is 5.75 Å². The lowest BCUT2D eigenvalue weighted by Crippen LogP contribution is -2.14.